The van der Waals surface area contributed by atoms with Crippen LogP contribution in [-0.2, 0) is 10.3 Å². The van der Waals surface area contributed by atoms with Gasteiger partial charge in [-0.15, -0.1) is 0 Å². The Labute approximate surface area is 175 Å². The number of nitrogens with zero attached hydrogens (tertiary/aromatic N) is 1. The van der Waals surface area contributed by atoms with Crippen LogP contribution in [0.5, 0.6) is 0 Å². The summed E-state index contributed by atoms with van der Waals surface area (Å²) in [5, 5.41) is 18.5. The normalized spacial score (nSPS) is 18.1. The Hall–Kier alpha value is -3.87. The van der Waals surface area contributed by atoms with Crippen LogP contribution in [0, 0.1) is 0 Å². The second-order valence-corrected chi connectivity index (χ2v) is 7.05. The number of nitrogens with one attached hydrogen (secondary N) is 2. The van der Waals surface area contributed by atoms with Gasteiger partial charge in [-0.05, 0) is 36.6 Å². The lowest BCUT2D eigenvalue weighted by atomic mass is 9.79. The molecule has 30 heavy (non-hydrogen) atoms. The number of amides is 1. The summed E-state index contributed by atoms with van der Waals surface area (Å²) in [4.78, 5) is 24.2. The van der Waals surface area contributed by atoms with Crippen molar-refractivity contribution in [1.82, 2.24) is 5.32 Å². The molecule has 1 aliphatic rings. The lowest BCUT2D eigenvalue weighted by Gasteiger charge is -2.35. The molecule has 1 atom stereocenters. The Morgan fingerprint density at radius 3 is 2.70 bits per heavy atom. The van der Waals surface area contributed by atoms with Crippen molar-refractivity contribution in [2.75, 3.05) is 5.32 Å². The van der Waals surface area contributed by atoms with Crippen molar-refractivity contribution < 1.29 is 14.7 Å². The van der Waals surface area contributed by atoms with Gasteiger partial charge in [-0.2, -0.15) is 5.10 Å². The zero-order chi connectivity index (χ0) is 21.4. The molecule has 0 saturated carbocycles. The second kappa shape index (κ2) is 9.56. The lowest BCUT2D eigenvalue weighted by molar-refractivity contribution is -0.136. The van der Waals surface area contributed by atoms with Crippen LogP contribution in [0.1, 0.15) is 35.2 Å². The third-order valence-electron chi connectivity index (χ3n) is 4.93. The molecule has 0 heterocycles. The zero-order valence-electron chi connectivity index (χ0n) is 16.4. The van der Waals surface area contributed by atoms with Gasteiger partial charge in [0, 0.05) is 17.7 Å². The Bertz CT molecular complexity index is 999. The van der Waals surface area contributed by atoms with Gasteiger partial charge in [0.2, 0.25) is 0 Å². The van der Waals surface area contributed by atoms with Gasteiger partial charge >= 0.3 is 5.97 Å². The summed E-state index contributed by atoms with van der Waals surface area (Å²) >= 11 is 0. The molecule has 1 aliphatic carbocycles. The maximum atomic E-state index is 13.1. The Balaban J connectivity index is 1.88. The van der Waals surface area contributed by atoms with Crippen LogP contribution in [0.2, 0.25) is 0 Å². The lowest BCUT2D eigenvalue weighted by Crippen LogP contribution is -2.45. The first-order valence-corrected chi connectivity index (χ1v) is 9.58. The van der Waals surface area contributed by atoms with Gasteiger partial charge in [-0.25, -0.2) is 0 Å². The van der Waals surface area contributed by atoms with E-state index < -0.39 is 11.5 Å². The Kier molecular flexibility index (Phi) is 6.64. The second-order valence-electron chi connectivity index (χ2n) is 7.05. The van der Waals surface area contributed by atoms with E-state index in [0.717, 1.165) is 11.1 Å². The molecule has 2 aromatic rings. The van der Waals surface area contributed by atoms with Crippen LogP contribution in [0.3, 0.4) is 0 Å². The first-order chi connectivity index (χ1) is 14.5. The van der Waals surface area contributed by atoms with Gasteiger partial charge in [0.1, 0.15) is 6.34 Å². The average Bonchev–Trinajstić information content (AvgIpc) is 2.77. The first-order valence-electron chi connectivity index (χ1n) is 9.58. The monoisotopic (exact) mass is 404 g/mol. The molecule has 0 radical (unpaired) electrons. The van der Waals surface area contributed by atoms with Gasteiger partial charge in [-0.1, -0.05) is 60.2 Å². The molecule has 0 fully saturated rings. The van der Waals surface area contributed by atoms with Gasteiger partial charge in [-0.3, -0.25) is 9.59 Å². The summed E-state index contributed by atoms with van der Waals surface area (Å²) in [6, 6.07) is 16.7. The fourth-order valence-electron chi connectivity index (χ4n) is 3.49. The third kappa shape index (κ3) is 5.14. The van der Waals surface area contributed by atoms with Crippen LogP contribution in [0.15, 0.2) is 83.5 Å². The van der Waals surface area contributed by atoms with Crippen molar-refractivity contribution in [1.29, 1.82) is 0 Å². The van der Waals surface area contributed by atoms with Gasteiger partial charge in [0.25, 0.3) is 5.91 Å². The number of aliphatic carboxylic acids is 1. The molecule has 0 saturated heterocycles. The average molecular weight is 404 g/mol. The number of hydrogen-bond acceptors (Lipinski definition) is 4. The highest BCUT2D eigenvalue weighted by molar-refractivity contribution is 5.96. The van der Waals surface area contributed by atoms with E-state index in [1.54, 1.807) is 24.3 Å². The van der Waals surface area contributed by atoms with Crippen LogP contribution in [-0.4, -0.2) is 23.3 Å². The number of carboxylic acids is 1. The SMILES string of the molecule is NN=CNc1cccc(C(=O)NC2(c3ccccc3)C=CC=C(CCC(=O)O)C2)c1. The van der Waals surface area contributed by atoms with E-state index >= 15 is 0 Å². The minimum Gasteiger partial charge on any atom is -0.481 e. The van der Waals surface area contributed by atoms with E-state index in [0.29, 0.717) is 24.1 Å². The predicted octanol–water partition coefficient (Wildman–Crippen LogP) is 3.38. The highest BCUT2D eigenvalue weighted by atomic mass is 16.4. The molecule has 154 valence electrons. The number of carbonyl (C=O) groups is 2. The number of nitrogens with two attached hydrogens (primary N) is 1. The topological polar surface area (TPSA) is 117 Å². The van der Waals surface area contributed by atoms with Gasteiger partial charge in [0.05, 0.1) is 5.54 Å². The molecular weight excluding hydrogens is 380 g/mol. The predicted molar refractivity (Wildman–Crippen MR) is 117 cm³/mol. The van der Waals surface area contributed by atoms with E-state index in [4.69, 9.17) is 10.9 Å². The minimum atomic E-state index is -0.842. The highest BCUT2D eigenvalue weighted by Gasteiger charge is 2.34. The maximum absolute atomic E-state index is 13.1. The molecule has 0 aromatic heterocycles. The minimum absolute atomic E-state index is 0.0505. The fourth-order valence-corrected chi connectivity index (χ4v) is 3.49. The number of hydrazone groups is 1. The molecule has 2 aromatic carbocycles. The van der Waals surface area contributed by atoms with Crippen molar-refractivity contribution in [2.24, 2.45) is 10.9 Å². The summed E-state index contributed by atoms with van der Waals surface area (Å²) in [5.74, 6) is 4.03. The Morgan fingerprint density at radius 1 is 1.17 bits per heavy atom. The zero-order valence-corrected chi connectivity index (χ0v) is 16.4. The number of anilines is 1. The molecule has 0 bridgehead atoms. The van der Waals surface area contributed by atoms with Crippen molar-refractivity contribution in [3.63, 3.8) is 0 Å². The van der Waals surface area contributed by atoms with Crippen LogP contribution < -0.4 is 16.5 Å². The molecule has 1 unspecified atom stereocenters. The van der Waals surface area contributed by atoms with Gasteiger partial charge in [0.15, 0.2) is 0 Å². The van der Waals surface area contributed by atoms with E-state index in [9.17, 15) is 9.59 Å². The van der Waals surface area contributed by atoms with Crippen molar-refractivity contribution in [3.05, 3.63) is 89.5 Å². The standard InChI is InChI=1S/C23H24N4O3/c24-26-16-25-20-10-4-7-18(14-20)22(30)27-23(19-8-2-1-3-9-19)13-5-6-17(15-23)11-12-21(28)29/h1-10,13-14,16H,11-12,15,24H2,(H,25,26)(H,27,30)(H,28,29). The fraction of sp³-hybridized carbons (Fsp3) is 0.174. The maximum Gasteiger partial charge on any atom is 0.303 e. The third-order valence-corrected chi connectivity index (χ3v) is 4.93. The number of benzene rings is 2. The van der Waals surface area contributed by atoms with E-state index in [-0.39, 0.29) is 12.3 Å². The van der Waals surface area contributed by atoms with E-state index in [1.165, 1.54) is 6.34 Å². The van der Waals surface area contributed by atoms with E-state index in [1.807, 2.05) is 48.6 Å². The van der Waals surface area contributed by atoms with Gasteiger partial charge < -0.3 is 21.6 Å². The molecule has 0 aliphatic heterocycles. The first kappa shape index (κ1) is 20.9. The van der Waals surface area contributed by atoms with Crippen molar-refractivity contribution in [2.45, 2.75) is 24.8 Å². The molecule has 1 amide bonds. The number of rotatable bonds is 8. The van der Waals surface area contributed by atoms with Crippen molar-refractivity contribution >= 4 is 23.9 Å². The molecule has 7 nitrogen and oxygen atoms in total. The molecule has 5 N–H and O–H groups in total. The molecule has 7 heteroatoms. The van der Waals surface area contributed by atoms with Crippen LogP contribution in [0.25, 0.3) is 0 Å². The van der Waals surface area contributed by atoms with E-state index in [2.05, 4.69) is 15.7 Å². The summed E-state index contributed by atoms with van der Waals surface area (Å²) < 4.78 is 0. The molecule has 3 rings (SSSR count). The number of carboxylic acid groups (broad SMARTS) is 1. The largest absolute Gasteiger partial charge is 0.481 e. The molecule has 0 spiro atoms. The number of hydrogen-bond donors (Lipinski definition) is 4. The Morgan fingerprint density at radius 2 is 1.97 bits per heavy atom. The summed E-state index contributed by atoms with van der Waals surface area (Å²) in [6.07, 6.45) is 8.08. The molecular formula is C23H24N4O3. The quantitative estimate of drug-likeness (QED) is 0.233. The smallest absolute Gasteiger partial charge is 0.303 e. The summed E-state index contributed by atoms with van der Waals surface area (Å²) in [5.41, 5.74) is 2.31. The van der Waals surface area contributed by atoms with Crippen molar-refractivity contribution in [3.8, 4) is 0 Å². The summed E-state index contributed by atoms with van der Waals surface area (Å²) in [6.45, 7) is 0. The highest BCUT2D eigenvalue weighted by Crippen LogP contribution is 2.35. The van der Waals surface area contributed by atoms with Crippen LogP contribution >= 0.6 is 0 Å². The number of carbonyl (C=O) groups excluding carboxylic acids is 1. The summed E-state index contributed by atoms with van der Waals surface area (Å²) in [7, 11) is 0. The number of allylic oxidation sites excluding steroid dienone is 2. The van der Waals surface area contributed by atoms with Crippen LogP contribution in [0.4, 0.5) is 5.69 Å².